The standard InChI is InChI=1S/C16H19N3O2S.ClH/c17-14-10-4-3-9(6-10)13(14)15(20)18-7-11-8-21-16(19-11)12-2-1-5-22-12;/h1-2,5,8-10,13-14H,3-4,6-7,17H2,(H,18,20);1H. The largest absolute Gasteiger partial charge is 0.443 e. The molecule has 7 heteroatoms. The van der Waals surface area contributed by atoms with Crippen LogP contribution in [0.15, 0.2) is 28.2 Å². The first-order chi connectivity index (χ1) is 10.7. The molecule has 0 aromatic carbocycles. The van der Waals surface area contributed by atoms with Gasteiger partial charge in [-0.25, -0.2) is 4.98 Å². The summed E-state index contributed by atoms with van der Waals surface area (Å²) >= 11 is 1.58. The zero-order valence-corrected chi connectivity index (χ0v) is 14.2. The average molecular weight is 354 g/mol. The number of oxazole rings is 1. The minimum absolute atomic E-state index is 0. The Morgan fingerprint density at radius 2 is 2.26 bits per heavy atom. The Hall–Kier alpha value is -1.37. The lowest BCUT2D eigenvalue weighted by molar-refractivity contribution is -0.127. The van der Waals surface area contributed by atoms with Crippen molar-refractivity contribution in [2.45, 2.75) is 31.8 Å². The Bertz CT molecular complexity index is 671. The van der Waals surface area contributed by atoms with Crippen molar-refractivity contribution >= 4 is 29.7 Å². The molecule has 0 saturated heterocycles. The number of rotatable bonds is 4. The zero-order chi connectivity index (χ0) is 15.1. The minimum Gasteiger partial charge on any atom is -0.443 e. The van der Waals surface area contributed by atoms with Crippen molar-refractivity contribution in [1.29, 1.82) is 0 Å². The molecule has 2 aromatic rings. The third-order valence-corrected chi connectivity index (χ3v) is 5.87. The maximum absolute atomic E-state index is 12.4. The molecular weight excluding hydrogens is 334 g/mol. The summed E-state index contributed by atoms with van der Waals surface area (Å²) < 4.78 is 5.46. The molecule has 0 aliphatic heterocycles. The van der Waals surface area contributed by atoms with E-state index in [1.807, 2.05) is 17.5 Å². The molecule has 2 heterocycles. The van der Waals surface area contributed by atoms with Crippen molar-refractivity contribution in [3.8, 4) is 10.8 Å². The Morgan fingerprint density at radius 3 is 2.96 bits per heavy atom. The second-order valence-electron chi connectivity index (χ2n) is 6.28. The van der Waals surface area contributed by atoms with Gasteiger partial charge >= 0.3 is 0 Å². The van der Waals surface area contributed by atoms with E-state index in [4.69, 9.17) is 10.2 Å². The SMILES string of the molecule is Cl.NC1C2CCC(C2)C1C(=O)NCc1coc(-c2cccs2)n1. The lowest BCUT2D eigenvalue weighted by Crippen LogP contribution is -2.45. The Balaban J connectivity index is 0.00000156. The highest BCUT2D eigenvalue weighted by atomic mass is 35.5. The first kappa shape index (κ1) is 16.5. The van der Waals surface area contributed by atoms with Crippen molar-refractivity contribution in [3.63, 3.8) is 0 Å². The molecule has 1 amide bonds. The van der Waals surface area contributed by atoms with E-state index in [2.05, 4.69) is 10.3 Å². The lowest BCUT2D eigenvalue weighted by Gasteiger charge is -2.26. The molecule has 0 spiro atoms. The van der Waals surface area contributed by atoms with Gasteiger partial charge in [0.2, 0.25) is 11.8 Å². The van der Waals surface area contributed by atoms with Crippen LogP contribution in [0.3, 0.4) is 0 Å². The van der Waals surface area contributed by atoms with Gasteiger partial charge in [0.05, 0.1) is 23.0 Å². The van der Waals surface area contributed by atoms with Gasteiger partial charge in [0.1, 0.15) is 6.26 Å². The molecule has 5 nitrogen and oxygen atoms in total. The lowest BCUT2D eigenvalue weighted by atomic mass is 9.84. The van der Waals surface area contributed by atoms with Crippen molar-refractivity contribution < 1.29 is 9.21 Å². The fourth-order valence-electron chi connectivity index (χ4n) is 3.92. The maximum atomic E-state index is 12.4. The number of carbonyl (C=O) groups is 1. The number of hydrogen-bond acceptors (Lipinski definition) is 5. The van der Waals surface area contributed by atoms with E-state index < -0.39 is 0 Å². The van der Waals surface area contributed by atoms with Crippen LogP contribution in [0, 0.1) is 17.8 Å². The first-order valence-corrected chi connectivity index (χ1v) is 8.62. The third kappa shape index (κ3) is 3.03. The van der Waals surface area contributed by atoms with E-state index in [1.54, 1.807) is 17.6 Å². The molecular formula is C16H20ClN3O2S. The number of fused-ring (bicyclic) bond motifs is 2. The molecule has 124 valence electrons. The Labute approximate surface area is 145 Å². The number of carbonyl (C=O) groups excluding carboxylic acids is 1. The summed E-state index contributed by atoms with van der Waals surface area (Å²) in [6.07, 6.45) is 5.05. The highest BCUT2D eigenvalue weighted by molar-refractivity contribution is 7.13. The molecule has 2 bridgehead atoms. The van der Waals surface area contributed by atoms with Crippen molar-refractivity contribution in [2.75, 3.05) is 0 Å². The normalized spacial score (nSPS) is 28.6. The number of hydrogen-bond donors (Lipinski definition) is 2. The highest BCUT2D eigenvalue weighted by Crippen LogP contribution is 2.47. The van der Waals surface area contributed by atoms with Gasteiger partial charge in [-0.3, -0.25) is 4.79 Å². The first-order valence-electron chi connectivity index (χ1n) is 7.74. The summed E-state index contributed by atoms with van der Waals surface area (Å²) in [4.78, 5) is 17.8. The second kappa shape index (κ2) is 6.63. The number of halogens is 1. The van der Waals surface area contributed by atoms with Gasteiger partial charge in [-0.1, -0.05) is 6.07 Å². The van der Waals surface area contributed by atoms with Gasteiger partial charge in [0, 0.05) is 6.04 Å². The molecule has 4 unspecified atom stereocenters. The third-order valence-electron chi connectivity index (χ3n) is 5.01. The summed E-state index contributed by atoms with van der Waals surface area (Å²) in [5, 5.41) is 4.96. The van der Waals surface area contributed by atoms with Gasteiger partial charge in [-0.05, 0) is 42.5 Å². The van der Waals surface area contributed by atoms with Gasteiger partial charge in [-0.2, -0.15) is 0 Å². The predicted molar refractivity (Wildman–Crippen MR) is 91.2 cm³/mol. The number of thiophene rings is 1. The molecule has 4 atom stereocenters. The van der Waals surface area contributed by atoms with Crippen molar-refractivity contribution in [3.05, 3.63) is 29.5 Å². The summed E-state index contributed by atoms with van der Waals surface area (Å²) in [6, 6.07) is 3.95. The van der Waals surface area contributed by atoms with Crippen LogP contribution in [0.4, 0.5) is 0 Å². The van der Waals surface area contributed by atoms with Crippen molar-refractivity contribution in [2.24, 2.45) is 23.5 Å². The molecule has 2 fully saturated rings. The van der Waals surface area contributed by atoms with Gasteiger partial charge in [0.25, 0.3) is 0 Å². The van der Waals surface area contributed by atoms with Crippen LogP contribution in [-0.4, -0.2) is 16.9 Å². The van der Waals surface area contributed by atoms with Crippen molar-refractivity contribution in [1.82, 2.24) is 10.3 Å². The topological polar surface area (TPSA) is 81.2 Å². The van der Waals surface area contributed by atoms with E-state index in [0.29, 0.717) is 24.3 Å². The molecule has 2 aliphatic rings. The number of aromatic nitrogens is 1. The molecule has 23 heavy (non-hydrogen) atoms. The van der Waals surface area contributed by atoms with Gasteiger partial charge < -0.3 is 15.5 Å². The Morgan fingerprint density at radius 1 is 1.43 bits per heavy atom. The highest BCUT2D eigenvalue weighted by Gasteiger charge is 2.48. The summed E-state index contributed by atoms with van der Waals surface area (Å²) in [5.74, 6) is 1.66. The van der Waals surface area contributed by atoms with E-state index in [0.717, 1.165) is 23.4 Å². The van der Waals surface area contributed by atoms with Crippen LogP contribution in [0.25, 0.3) is 10.8 Å². The van der Waals surface area contributed by atoms with Crippen LogP contribution in [-0.2, 0) is 11.3 Å². The summed E-state index contributed by atoms with van der Waals surface area (Å²) in [5.41, 5.74) is 6.95. The fourth-order valence-corrected chi connectivity index (χ4v) is 4.58. The van der Waals surface area contributed by atoms with E-state index >= 15 is 0 Å². The predicted octanol–water partition coefficient (Wildman–Crippen LogP) is 2.81. The van der Waals surface area contributed by atoms with E-state index in [1.165, 1.54) is 6.42 Å². The Kier molecular flexibility index (Phi) is 4.75. The quantitative estimate of drug-likeness (QED) is 0.885. The zero-order valence-electron chi connectivity index (χ0n) is 12.6. The fraction of sp³-hybridized carbons (Fsp3) is 0.500. The van der Waals surface area contributed by atoms with E-state index in [9.17, 15) is 4.79 Å². The number of amides is 1. The molecule has 3 N–H and O–H groups in total. The molecule has 4 rings (SSSR count). The maximum Gasteiger partial charge on any atom is 0.236 e. The molecule has 2 aliphatic carbocycles. The van der Waals surface area contributed by atoms with Crippen LogP contribution in [0.5, 0.6) is 0 Å². The molecule has 2 aromatic heterocycles. The second-order valence-corrected chi connectivity index (χ2v) is 7.22. The smallest absolute Gasteiger partial charge is 0.236 e. The van der Waals surface area contributed by atoms with Gasteiger partial charge in [0.15, 0.2) is 0 Å². The van der Waals surface area contributed by atoms with Crippen LogP contribution < -0.4 is 11.1 Å². The number of nitrogens with one attached hydrogen (secondary N) is 1. The summed E-state index contributed by atoms with van der Waals surface area (Å²) in [7, 11) is 0. The van der Waals surface area contributed by atoms with Gasteiger partial charge in [-0.15, -0.1) is 23.7 Å². The molecule has 2 saturated carbocycles. The van der Waals surface area contributed by atoms with Crippen LogP contribution in [0.2, 0.25) is 0 Å². The van der Waals surface area contributed by atoms with Crippen LogP contribution >= 0.6 is 23.7 Å². The van der Waals surface area contributed by atoms with E-state index in [-0.39, 0.29) is 30.3 Å². The average Bonchev–Trinajstić information content (AvgIpc) is 3.26. The monoisotopic (exact) mass is 353 g/mol. The minimum atomic E-state index is -0.0255. The van der Waals surface area contributed by atoms with Crippen LogP contribution in [0.1, 0.15) is 25.0 Å². The summed E-state index contributed by atoms with van der Waals surface area (Å²) in [6.45, 7) is 0.397. The molecule has 0 radical (unpaired) electrons. The number of nitrogens with two attached hydrogens (primary N) is 1. The number of nitrogens with zero attached hydrogens (tertiary/aromatic N) is 1.